The minimum atomic E-state index is 1.15. The van der Waals surface area contributed by atoms with Crippen LogP contribution in [0.5, 0.6) is 0 Å². The van der Waals surface area contributed by atoms with E-state index in [0.717, 1.165) is 13.1 Å². The van der Waals surface area contributed by atoms with Gasteiger partial charge in [-0.3, -0.25) is 0 Å². The van der Waals surface area contributed by atoms with Crippen LogP contribution >= 0.6 is 45.2 Å². The number of nitrogens with zero attached hydrogens (tertiary/aromatic N) is 4. The van der Waals surface area contributed by atoms with Gasteiger partial charge in [-0.15, -0.1) is 9.36 Å². The van der Waals surface area contributed by atoms with E-state index in [2.05, 4.69) is 103 Å². The zero-order valence-electron chi connectivity index (χ0n) is 15.6. The zero-order valence-corrected chi connectivity index (χ0v) is 19.9. The van der Waals surface area contributed by atoms with Gasteiger partial charge in [0.05, 0.1) is 25.5 Å². The first-order valence-corrected chi connectivity index (χ1v) is 11.6. The molecule has 0 N–H and O–H groups in total. The topological polar surface area (TPSA) is 17.6 Å². The average Bonchev–Trinajstić information content (AvgIpc) is 3.05. The molecule has 0 radical (unpaired) electrons. The van der Waals surface area contributed by atoms with E-state index in [4.69, 9.17) is 0 Å². The van der Waals surface area contributed by atoms with Gasteiger partial charge in [0.15, 0.2) is 14.1 Å². The molecule has 2 aromatic heterocycles. The predicted molar refractivity (Wildman–Crippen MR) is 118 cm³/mol. The lowest BCUT2D eigenvalue weighted by Crippen LogP contribution is -2.37. The molecule has 0 spiro atoms. The number of hydrogen-bond donors (Lipinski definition) is 0. The fraction of sp³-hybridized carbons (Fsp3) is 0.684. The lowest BCUT2D eigenvalue weighted by molar-refractivity contribution is -0.754. The van der Waals surface area contributed by atoms with Crippen molar-refractivity contribution in [3.05, 3.63) is 31.9 Å². The molecule has 0 aliphatic heterocycles. The summed E-state index contributed by atoms with van der Waals surface area (Å²) >= 11 is 4.76. The minimum absolute atomic E-state index is 1.15. The van der Waals surface area contributed by atoms with Crippen molar-refractivity contribution in [2.45, 2.75) is 70.9 Å². The highest BCUT2D eigenvalue weighted by Gasteiger charge is 2.06. The van der Waals surface area contributed by atoms with E-state index in [1.54, 1.807) is 0 Å². The Morgan fingerprint density at radius 1 is 0.640 bits per heavy atom. The normalized spacial score (nSPS) is 11.4. The molecule has 0 atom stereocenters. The fourth-order valence-corrected chi connectivity index (χ4v) is 4.72. The maximum atomic E-state index is 2.38. The smallest absolute Gasteiger partial charge is 0.160 e. The highest BCUT2D eigenvalue weighted by Crippen LogP contribution is 2.11. The van der Waals surface area contributed by atoms with Crippen molar-refractivity contribution in [3.63, 3.8) is 0 Å². The first-order chi connectivity index (χ1) is 12.1. The van der Waals surface area contributed by atoms with Crippen LogP contribution in [0.4, 0.5) is 0 Å². The van der Waals surface area contributed by atoms with Crippen LogP contribution in [0.3, 0.4) is 0 Å². The highest BCUT2D eigenvalue weighted by atomic mass is 127. The lowest BCUT2D eigenvalue weighted by Gasteiger charge is -2.03. The monoisotopic (exact) mass is 570 g/mol. The van der Waals surface area contributed by atoms with Crippen LogP contribution in [-0.4, -0.2) is 9.36 Å². The molecule has 4 nitrogen and oxygen atoms in total. The Balaban J connectivity index is 1.40. The van der Waals surface area contributed by atoms with E-state index >= 15 is 0 Å². The number of hydrogen-bond acceptors (Lipinski definition) is 0. The fourth-order valence-electron chi connectivity index (χ4n) is 3.27. The number of halogens is 2. The van der Waals surface area contributed by atoms with Crippen LogP contribution in [0.15, 0.2) is 24.8 Å². The molecule has 25 heavy (non-hydrogen) atoms. The number of unbranched alkanes of at least 4 members (excludes halogenated alkanes) is 8. The molecule has 6 heteroatoms. The Labute approximate surface area is 179 Å². The Morgan fingerprint density at radius 3 is 1.24 bits per heavy atom. The van der Waals surface area contributed by atoms with Gasteiger partial charge in [0.1, 0.15) is 7.14 Å². The molecule has 2 rings (SSSR count). The number of aryl methyl sites for hydroxylation is 4. The second-order valence-electron chi connectivity index (χ2n) is 6.94. The van der Waals surface area contributed by atoms with Crippen LogP contribution in [-0.2, 0) is 27.2 Å². The second kappa shape index (κ2) is 11.6. The quantitative estimate of drug-likeness (QED) is 0.205. The molecule has 2 aromatic rings. The molecule has 0 amide bonds. The van der Waals surface area contributed by atoms with Gasteiger partial charge in [-0.1, -0.05) is 44.9 Å². The Hall–Kier alpha value is -0.120. The molecule has 0 aliphatic rings. The summed E-state index contributed by atoms with van der Waals surface area (Å²) in [7, 11) is 4.25. The summed E-state index contributed by atoms with van der Waals surface area (Å²) in [6.45, 7) is 2.30. The summed E-state index contributed by atoms with van der Waals surface area (Å²) in [6, 6.07) is 0. The van der Waals surface area contributed by atoms with Crippen LogP contribution in [0.25, 0.3) is 0 Å². The number of rotatable bonds is 12. The van der Waals surface area contributed by atoms with Gasteiger partial charge >= 0.3 is 0 Å². The largest absolute Gasteiger partial charge is 0.208 e. The summed E-state index contributed by atoms with van der Waals surface area (Å²) in [5.74, 6) is 0. The molecule has 0 saturated heterocycles. The lowest BCUT2D eigenvalue weighted by atomic mass is 10.1. The first kappa shape index (κ1) is 21.2. The van der Waals surface area contributed by atoms with Gasteiger partial charge in [0.25, 0.3) is 0 Å². The molecule has 0 bridgehead atoms. The molecular weight excluding hydrogens is 538 g/mol. The van der Waals surface area contributed by atoms with E-state index in [1.165, 1.54) is 64.9 Å². The Morgan fingerprint density at radius 2 is 0.960 bits per heavy atom. The molecule has 0 aromatic carbocycles. The summed E-state index contributed by atoms with van der Waals surface area (Å²) in [6.07, 6.45) is 21.1. The molecule has 0 saturated carbocycles. The van der Waals surface area contributed by atoms with Gasteiger partial charge in [-0.05, 0) is 58.0 Å². The van der Waals surface area contributed by atoms with Crippen molar-refractivity contribution in [2.24, 2.45) is 14.1 Å². The van der Waals surface area contributed by atoms with Crippen molar-refractivity contribution < 1.29 is 9.36 Å². The van der Waals surface area contributed by atoms with E-state index in [1.807, 2.05) is 0 Å². The van der Waals surface area contributed by atoms with Crippen LogP contribution < -0.4 is 9.36 Å². The molecule has 0 aliphatic carbocycles. The number of aromatic nitrogens is 4. The highest BCUT2D eigenvalue weighted by molar-refractivity contribution is 14.1. The van der Waals surface area contributed by atoms with Crippen molar-refractivity contribution in [1.29, 1.82) is 0 Å². The van der Waals surface area contributed by atoms with E-state index in [9.17, 15) is 0 Å². The Bertz CT molecular complexity index is 579. The zero-order chi connectivity index (χ0) is 18.1. The van der Waals surface area contributed by atoms with Crippen molar-refractivity contribution in [1.82, 2.24) is 9.36 Å². The van der Waals surface area contributed by atoms with Gasteiger partial charge in [0.2, 0.25) is 12.4 Å². The third-order valence-corrected chi connectivity index (χ3v) is 5.86. The first-order valence-electron chi connectivity index (χ1n) is 9.49. The molecule has 2 heterocycles. The maximum Gasteiger partial charge on any atom is 0.208 e. The van der Waals surface area contributed by atoms with Crippen molar-refractivity contribution in [2.75, 3.05) is 0 Å². The van der Waals surface area contributed by atoms with Gasteiger partial charge < -0.3 is 0 Å². The minimum Gasteiger partial charge on any atom is -0.160 e. The van der Waals surface area contributed by atoms with Crippen LogP contribution in [0.2, 0.25) is 0 Å². The van der Waals surface area contributed by atoms with Gasteiger partial charge in [-0.2, -0.15) is 9.36 Å². The SMILES string of the molecule is C[n+]1cc(I)cn1CCCCCCCCCCCn1cc(I)c[n+]1C. The van der Waals surface area contributed by atoms with Crippen LogP contribution in [0.1, 0.15) is 57.8 Å². The van der Waals surface area contributed by atoms with Gasteiger partial charge in [-0.25, -0.2) is 0 Å². The summed E-state index contributed by atoms with van der Waals surface area (Å²) in [5, 5.41) is 0. The predicted octanol–water partition coefficient (Wildman–Crippen LogP) is 4.36. The molecule has 0 fully saturated rings. The molecule has 0 unspecified atom stereocenters. The third-order valence-electron chi connectivity index (χ3n) is 4.75. The van der Waals surface area contributed by atoms with Crippen molar-refractivity contribution in [3.8, 4) is 0 Å². The average molecular weight is 570 g/mol. The molecular formula is C19H32I2N4+2. The maximum absolute atomic E-state index is 2.38. The Kier molecular flexibility index (Phi) is 9.80. The summed E-state index contributed by atoms with van der Waals surface area (Å²) in [4.78, 5) is 0. The van der Waals surface area contributed by atoms with Crippen molar-refractivity contribution >= 4 is 45.2 Å². The third kappa shape index (κ3) is 7.97. The molecule has 140 valence electrons. The second-order valence-corrected chi connectivity index (χ2v) is 9.43. The van der Waals surface area contributed by atoms with E-state index in [-0.39, 0.29) is 0 Å². The summed E-state index contributed by atoms with van der Waals surface area (Å²) < 4.78 is 11.6. The van der Waals surface area contributed by atoms with Gasteiger partial charge in [0, 0.05) is 0 Å². The van der Waals surface area contributed by atoms with E-state index < -0.39 is 0 Å². The van der Waals surface area contributed by atoms with Crippen LogP contribution in [0, 0.1) is 7.14 Å². The standard InChI is InChI=1S/C19H32I2N4/c1-22-14-18(20)16-24(22)12-10-8-6-4-3-5-7-9-11-13-25-17-19(21)15-23(25)2/h14-17H,3-13H2,1-2H3/q+2. The summed E-state index contributed by atoms with van der Waals surface area (Å²) in [5.41, 5.74) is 0. The van der Waals surface area contributed by atoms with E-state index in [0.29, 0.717) is 0 Å².